The summed E-state index contributed by atoms with van der Waals surface area (Å²) in [4.78, 5) is 25.9. The van der Waals surface area contributed by atoms with E-state index in [9.17, 15) is 14.7 Å². The lowest BCUT2D eigenvalue weighted by atomic mass is 10.2. The van der Waals surface area contributed by atoms with Crippen LogP contribution in [0.3, 0.4) is 0 Å². The maximum Gasteiger partial charge on any atom is 0.251 e. The van der Waals surface area contributed by atoms with E-state index in [-0.39, 0.29) is 18.4 Å². The smallest absolute Gasteiger partial charge is 0.251 e. The fourth-order valence-electron chi connectivity index (χ4n) is 2.99. The zero-order valence-corrected chi connectivity index (χ0v) is 14.2. The lowest BCUT2D eigenvalue weighted by Gasteiger charge is -2.21. The summed E-state index contributed by atoms with van der Waals surface area (Å²) in [6.07, 6.45) is 2.63. The Morgan fingerprint density at radius 2 is 2.12 bits per heavy atom. The number of aliphatic hydroxyl groups excluding tert-OH is 1. The van der Waals surface area contributed by atoms with Crippen molar-refractivity contribution in [1.29, 1.82) is 0 Å². The molecule has 0 aliphatic carbocycles. The van der Waals surface area contributed by atoms with Crippen LogP contribution < -0.4 is 5.32 Å². The lowest BCUT2D eigenvalue weighted by Crippen LogP contribution is -2.42. The van der Waals surface area contributed by atoms with Gasteiger partial charge in [-0.1, -0.05) is 18.2 Å². The third-order valence-corrected chi connectivity index (χ3v) is 4.34. The van der Waals surface area contributed by atoms with Gasteiger partial charge >= 0.3 is 0 Å². The van der Waals surface area contributed by atoms with Crippen LogP contribution in [0.1, 0.15) is 24.8 Å². The van der Waals surface area contributed by atoms with Crippen LogP contribution in [0.15, 0.2) is 36.5 Å². The first-order chi connectivity index (χ1) is 12.1. The predicted octanol–water partition coefficient (Wildman–Crippen LogP) is 1.49. The molecule has 2 heterocycles. The number of nitrogens with one attached hydrogen (secondary N) is 1. The van der Waals surface area contributed by atoms with Gasteiger partial charge in [0, 0.05) is 12.6 Å². The molecule has 1 aliphatic rings. The van der Waals surface area contributed by atoms with Gasteiger partial charge in [-0.2, -0.15) is 5.10 Å². The van der Waals surface area contributed by atoms with E-state index in [1.165, 1.54) is 4.90 Å². The molecule has 1 aromatic heterocycles. The van der Waals surface area contributed by atoms with Gasteiger partial charge < -0.3 is 15.3 Å². The van der Waals surface area contributed by atoms with Gasteiger partial charge in [0.1, 0.15) is 11.9 Å². The second-order valence-electron chi connectivity index (χ2n) is 6.23. The molecule has 2 aromatic rings. The minimum absolute atomic E-state index is 0.0746. The van der Waals surface area contributed by atoms with E-state index in [0.29, 0.717) is 18.8 Å². The van der Waals surface area contributed by atoms with E-state index in [2.05, 4.69) is 10.4 Å². The summed E-state index contributed by atoms with van der Waals surface area (Å²) in [6.45, 7) is 2.38. The van der Waals surface area contributed by atoms with E-state index in [0.717, 1.165) is 24.1 Å². The molecule has 25 heavy (non-hydrogen) atoms. The third kappa shape index (κ3) is 3.88. The summed E-state index contributed by atoms with van der Waals surface area (Å²) in [6, 6.07) is 9.46. The second-order valence-corrected chi connectivity index (χ2v) is 6.23. The van der Waals surface area contributed by atoms with Gasteiger partial charge in [0.25, 0.3) is 5.91 Å². The first kappa shape index (κ1) is 17.2. The molecule has 1 atom stereocenters. The van der Waals surface area contributed by atoms with Crippen molar-refractivity contribution in [2.24, 2.45) is 0 Å². The number of aromatic nitrogens is 2. The molecule has 0 radical (unpaired) electrons. The van der Waals surface area contributed by atoms with Crippen molar-refractivity contribution in [3.8, 4) is 5.69 Å². The average molecular weight is 342 g/mol. The van der Waals surface area contributed by atoms with Crippen molar-refractivity contribution in [3.63, 3.8) is 0 Å². The van der Waals surface area contributed by atoms with E-state index >= 15 is 0 Å². The Bertz CT molecular complexity index is 771. The van der Waals surface area contributed by atoms with Crippen molar-refractivity contribution < 1.29 is 14.7 Å². The van der Waals surface area contributed by atoms with Gasteiger partial charge in [-0.3, -0.25) is 9.59 Å². The molecule has 2 amide bonds. The highest BCUT2D eigenvalue weighted by Crippen LogP contribution is 2.18. The van der Waals surface area contributed by atoms with Crippen LogP contribution in [0.5, 0.6) is 0 Å². The Kier molecular flexibility index (Phi) is 5.14. The molecule has 7 nitrogen and oxygen atoms in total. The number of aliphatic hydroxyl groups is 1. The van der Waals surface area contributed by atoms with Gasteiger partial charge in [-0.15, -0.1) is 0 Å². The number of likely N-dealkylation sites (tertiary alicyclic amines) is 1. The van der Waals surface area contributed by atoms with Crippen molar-refractivity contribution in [1.82, 2.24) is 14.7 Å². The number of para-hydroxylation sites is 1. The molecule has 132 valence electrons. The molecule has 1 unspecified atom stereocenters. The summed E-state index contributed by atoms with van der Waals surface area (Å²) in [5.41, 5.74) is 1.91. The van der Waals surface area contributed by atoms with Gasteiger partial charge in [0.05, 0.1) is 18.4 Å². The van der Waals surface area contributed by atoms with Crippen molar-refractivity contribution in [2.45, 2.75) is 32.3 Å². The minimum Gasteiger partial charge on any atom is -0.383 e. The summed E-state index contributed by atoms with van der Waals surface area (Å²) < 4.78 is 1.66. The Hall–Kier alpha value is -2.67. The van der Waals surface area contributed by atoms with Crippen LogP contribution in [0.2, 0.25) is 0 Å². The fourth-order valence-corrected chi connectivity index (χ4v) is 2.99. The van der Waals surface area contributed by atoms with Gasteiger partial charge in [-0.05, 0) is 37.8 Å². The van der Waals surface area contributed by atoms with Crippen LogP contribution >= 0.6 is 0 Å². The van der Waals surface area contributed by atoms with Crippen molar-refractivity contribution >= 4 is 17.6 Å². The largest absolute Gasteiger partial charge is 0.383 e. The highest BCUT2D eigenvalue weighted by atomic mass is 16.3. The predicted molar refractivity (Wildman–Crippen MR) is 93.4 cm³/mol. The number of nitrogens with zero attached hydrogens (tertiary/aromatic N) is 3. The Morgan fingerprint density at radius 3 is 2.92 bits per heavy atom. The van der Waals surface area contributed by atoms with Crippen LogP contribution in [-0.2, 0) is 9.59 Å². The maximum absolute atomic E-state index is 12.4. The zero-order valence-electron chi connectivity index (χ0n) is 14.2. The standard InChI is InChI=1S/C18H22N4O3/c1-13-6-2-3-7-14(13)22-16(9-10-19-22)20-17(24)12-21-11-5-4-8-15(23)18(21)25/h2-3,6-7,9-10,15,23H,4-5,8,11-12H2,1H3,(H,20,24). The van der Waals surface area contributed by atoms with E-state index in [1.807, 2.05) is 31.2 Å². The summed E-state index contributed by atoms with van der Waals surface area (Å²) in [7, 11) is 0. The van der Waals surface area contributed by atoms with E-state index < -0.39 is 6.10 Å². The summed E-state index contributed by atoms with van der Waals surface area (Å²) >= 11 is 0. The molecule has 0 spiro atoms. The molecule has 3 rings (SSSR count). The number of hydrogen-bond donors (Lipinski definition) is 2. The Labute approximate surface area is 146 Å². The SMILES string of the molecule is Cc1ccccc1-n1nccc1NC(=O)CN1CCCCC(O)C1=O. The van der Waals surface area contributed by atoms with Gasteiger partial charge in [0.2, 0.25) is 5.91 Å². The van der Waals surface area contributed by atoms with Crippen LogP contribution in [-0.4, -0.2) is 50.8 Å². The number of anilines is 1. The van der Waals surface area contributed by atoms with Gasteiger partial charge in [-0.25, -0.2) is 4.68 Å². The minimum atomic E-state index is -1.01. The van der Waals surface area contributed by atoms with E-state index in [4.69, 9.17) is 0 Å². The molecular formula is C18H22N4O3. The molecule has 0 saturated carbocycles. The fraction of sp³-hybridized carbons (Fsp3) is 0.389. The van der Waals surface area contributed by atoms with Crippen LogP contribution in [0.25, 0.3) is 5.69 Å². The van der Waals surface area contributed by atoms with Crippen molar-refractivity contribution in [2.75, 3.05) is 18.4 Å². The highest BCUT2D eigenvalue weighted by Gasteiger charge is 2.26. The van der Waals surface area contributed by atoms with Crippen LogP contribution in [0, 0.1) is 6.92 Å². The molecule has 1 fully saturated rings. The topological polar surface area (TPSA) is 87.5 Å². The Morgan fingerprint density at radius 1 is 1.32 bits per heavy atom. The lowest BCUT2D eigenvalue weighted by molar-refractivity contribution is -0.141. The number of aryl methyl sites for hydroxylation is 1. The van der Waals surface area contributed by atoms with E-state index in [1.54, 1.807) is 16.9 Å². The molecular weight excluding hydrogens is 320 g/mol. The number of carbonyl (C=O) groups excluding carboxylic acids is 2. The third-order valence-electron chi connectivity index (χ3n) is 4.34. The molecule has 2 N–H and O–H groups in total. The molecule has 0 bridgehead atoms. The normalized spacial score (nSPS) is 18.1. The number of amides is 2. The number of rotatable bonds is 4. The first-order valence-corrected chi connectivity index (χ1v) is 8.43. The van der Waals surface area contributed by atoms with Crippen molar-refractivity contribution in [3.05, 3.63) is 42.1 Å². The molecule has 1 aliphatic heterocycles. The zero-order chi connectivity index (χ0) is 17.8. The average Bonchev–Trinajstić information content (AvgIpc) is 2.98. The monoisotopic (exact) mass is 342 g/mol. The number of carbonyl (C=O) groups is 2. The summed E-state index contributed by atoms with van der Waals surface area (Å²) in [5, 5.41) is 16.9. The summed E-state index contributed by atoms with van der Waals surface area (Å²) in [5.74, 6) is -0.139. The van der Waals surface area contributed by atoms with Gasteiger partial charge in [0.15, 0.2) is 0 Å². The maximum atomic E-state index is 12.4. The molecule has 7 heteroatoms. The Balaban J connectivity index is 1.71. The molecule has 1 aromatic carbocycles. The number of benzene rings is 1. The molecule has 1 saturated heterocycles. The second kappa shape index (κ2) is 7.48. The highest BCUT2D eigenvalue weighted by molar-refractivity contribution is 5.94. The number of hydrogen-bond acceptors (Lipinski definition) is 4. The first-order valence-electron chi connectivity index (χ1n) is 8.43. The van der Waals surface area contributed by atoms with Crippen LogP contribution in [0.4, 0.5) is 5.82 Å². The quantitative estimate of drug-likeness (QED) is 0.881.